The Labute approximate surface area is 161 Å². The number of nitrogens with one attached hydrogen (secondary N) is 1. The number of sulfonamides is 1. The molecule has 0 aliphatic carbocycles. The molecular weight excluding hydrogens is 375 g/mol. The molecule has 2 aliphatic rings. The molecular formula is C19H28ClFN2O2S. The quantitative estimate of drug-likeness (QED) is 0.780. The monoisotopic (exact) mass is 402 g/mol. The van der Waals surface area contributed by atoms with Gasteiger partial charge in [0.25, 0.3) is 0 Å². The molecule has 3 rings (SSSR count). The Morgan fingerprint density at radius 3 is 2.31 bits per heavy atom. The second-order valence-corrected chi connectivity index (χ2v) is 9.89. The van der Waals surface area contributed by atoms with E-state index in [4.69, 9.17) is 11.6 Å². The van der Waals surface area contributed by atoms with E-state index in [1.807, 2.05) is 0 Å². The van der Waals surface area contributed by atoms with Crippen molar-refractivity contribution in [3.8, 4) is 0 Å². The van der Waals surface area contributed by atoms with Gasteiger partial charge in [-0.05, 0) is 68.8 Å². The highest BCUT2D eigenvalue weighted by atomic mass is 35.5. The van der Waals surface area contributed by atoms with E-state index in [1.165, 1.54) is 48.5 Å². The Hall–Kier alpha value is -0.690. The second kappa shape index (κ2) is 9.00. The van der Waals surface area contributed by atoms with Gasteiger partial charge < -0.3 is 5.32 Å². The molecule has 4 nitrogen and oxygen atoms in total. The van der Waals surface area contributed by atoms with E-state index in [1.54, 1.807) is 0 Å². The summed E-state index contributed by atoms with van der Waals surface area (Å²) in [4.78, 5) is 0.0771. The van der Waals surface area contributed by atoms with Crippen LogP contribution in [0.4, 0.5) is 4.39 Å². The maximum absolute atomic E-state index is 13.3. The fourth-order valence-electron chi connectivity index (χ4n) is 4.09. The van der Waals surface area contributed by atoms with Gasteiger partial charge in [0.15, 0.2) is 0 Å². The smallest absolute Gasteiger partial charge is 0.243 e. The molecule has 2 saturated heterocycles. The van der Waals surface area contributed by atoms with E-state index in [-0.39, 0.29) is 9.92 Å². The molecule has 0 aromatic heterocycles. The van der Waals surface area contributed by atoms with E-state index in [0.29, 0.717) is 19.0 Å². The Balaban J connectivity index is 1.47. The average molecular weight is 403 g/mol. The molecule has 7 heteroatoms. The van der Waals surface area contributed by atoms with Crippen molar-refractivity contribution in [1.82, 2.24) is 9.62 Å². The first-order valence-electron chi connectivity index (χ1n) is 9.63. The third-order valence-electron chi connectivity index (χ3n) is 5.79. The minimum atomic E-state index is -3.59. The van der Waals surface area contributed by atoms with Crippen LogP contribution in [0.5, 0.6) is 0 Å². The molecule has 1 N–H and O–H groups in total. The van der Waals surface area contributed by atoms with Crippen LogP contribution in [0.2, 0.25) is 5.02 Å². The van der Waals surface area contributed by atoms with Crippen molar-refractivity contribution in [2.45, 2.75) is 49.8 Å². The van der Waals surface area contributed by atoms with Crippen molar-refractivity contribution in [3.05, 3.63) is 29.0 Å². The average Bonchev–Trinajstić information content (AvgIpc) is 2.65. The summed E-state index contributed by atoms with van der Waals surface area (Å²) in [5.74, 6) is 0.873. The third kappa shape index (κ3) is 4.97. The summed E-state index contributed by atoms with van der Waals surface area (Å²) in [6.07, 6.45) is 8.12. The summed E-state index contributed by atoms with van der Waals surface area (Å²) < 4.78 is 40.2. The lowest BCUT2D eigenvalue weighted by Gasteiger charge is -2.31. The zero-order chi connectivity index (χ0) is 18.6. The summed E-state index contributed by atoms with van der Waals surface area (Å²) in [5.41, 5.74) is 0. The molecule has 2 aliphatic heterocycles. The highest BCUT2D eigenvalue weighted by molar-refractivity contribution is 7.89. The van der Waals surface area contributed by atoms with Gasteiger partial charge in [0, 0.05) is 13.1 Å². The number of halogens is 2. The summed E-state index contributed by atoms with van der Waals surface area (Å²) in [6, 6.07) is 3.61. The van der Waals surface area contributed by atoms with Crippen molar-refractivity contribution in [2.24, 2.45) is 11.8 Å². The first-order valence-corrected chi connectivity index (χ1v) is 11.4. The predicted molar refractivity (Wildman–Crippen MR) is 102 cm³/mol. The minimum Gasteiger partial charge on any atom is -0.317 e. The summed E-state index contributed by atoms with van der Waals surface area (Å²) in [5, 5.41) is 3.25. The molecule has 2 fully saturated rings. The Morgan fingerprint density at radius 2 is 1.69 bits per heavy atom. The van der Waals surface area contributed by atoms with Crippen molar-refractivity contribution in [3.63, 3.8) is 0 Å². The zero-order valence-electron chi connectivity index (χ0n) is 15.1. The number of rotatable bonds is 6. The van der Waals surface area contributed by atoms with Crippen LogP contribution < -0.4 is 5.32 Å². The van der Waals surface area contributed by atoms with Crippen LogP contribution in [0.3, 0.4) is 0 Å². The molecule has 146 valence electrons. The van der Waals surface area contributed by atoms with Crippen molar-refractivity contribution >= 4 is 21.6 Å². The van der Waals surface area contributed by atoms with Gasteiger partial charge in [-0.2, -0.15) is 4.31 Å². The van der Waals surface area contributed by atoms with Crippen molar-refractivity contribution in [1.29, 1.82) is 0 Å². The van der Waals surface area contributed by atoms with Crippen LogP contribution >= 0.6 is 11.6 Å². The SMILES string of the molecule is O=S(=O)(c1ccc(F)c(Cl)c1)N1CCC(CCCC2CCNCC2)CC1. The van der Waals surface area contributed by atoms with Gasteiger partial charge >= 0.3 is 0 Å². The molecule has 0 amide bonds. The zero-order valence-corrected chi connectivity index (χ0v) is 16.7. The minimum absolute atomic E-state index is 0.0771. The van der Waals surface area contributed by atoms with Crippen LogP contribution in [-0.2, 0) is 10.0 Å². The van der Waals surface area contributed by atoms with E-state index >= 15 is 0 Å². The highest BCUT2D eigenvalue weighted by Gasteiger charge is 2.29. The van der Waals surface area contributed by atoms with E-state index < -0.39 is 15.8 Å². The maximum Gasteiger partial charge on any atom is 0.243 e. The third-order valence-corrected chi connectivity index (χ3v) is 7.97. The van der Waals surface area contributed by atoms with Crippen molar-refractivity contribution < 1.29 is 12.8 Å². The number of nitrogens with zero attached hydrogens (tertiary/aromatic N) is 1. The fraction of sp³-hybridized carbons (Fsp3) is 0.684. The largest absolute Gasteiger partial charge is 0.317 e. The maximum atomic E-state index is 13.3. The molecule has 0 spiro atoms. The van der Waals surface area contributed by atoms with Crippen LogP contribution in [0, 0.1) is 17.7 Å². The fourth-order valence-corrected chi connectivity index (χ4v) is 5.83. The summed E-state index contributed by atoms with van der Waals surface area (Å²) in [6.45, 7) is 3.37. The van der Waals surface area contributed by atoms with Crippen LogP contribution in [0.15, 0.2) is 23.1 Å². The molecule has 0 unspecified atom stereocenters. The number of hydrogen-bond donors (Lipinski definition) is 1. The van der Waals surface area contributed by atoms with Gasteiger partial charge in [-0.25, -0.2) is 12.8 Å². The second-order valence-electron chi connectivity index (χ2n) is 7.55. The van der Waals surface area contributed by atoms with Crippen LogP contribution in [0.25, 0.3) is 0 Å². The molecule has 1 aromatic rings. The lowest BCUT2D eigenvalue weighted by atomic mass is 9.87. The Kier molecular flexibility index (Phi) is 6.94. The first-order chi connectivity index (χ1) is 12.5. The van der Waals surface area contributed by atoms with Gasteiger partial charge in [-0.1, -0.05) is 30.9 Å². The van der Waals surface area contributed by atoms with Crippen LogP contribution in [-0.4, -0.2) is 38.9 Å². The van der Waals surface area contributed by atoms with E-state index in [0.717, 1.165) is 37.9 Å². The van der Waals surface area contributed by atoms with Gasteiger partial charge in [0.2, 0.25) is 10.0 Å². The van der Waals surface area contributed by atoms with Gasteiger partial charge in [0.05, 0.1) is 9.92 Å². The normalized spacial score (nSPS) is 21.2. The molecule has 0 atom stereocenters. The van der Waals surface area contributed by atoms with Crippen LogP contribution in [0.1, 0.15) is 44.9 Å². The number of hydrogen-bond acceptors (Lipinski definition) is 3. The Morgan fingerprint density at radius 1 is 1.08 bits per heavy atom. The predicted octanol–water partition coefficient (Wildman–Crippen LogP) is 4.05. The van der Waals surface area contributed by atoms with E-state index in [2.05, 4.69) is 5.32 Å². The van der Waals surface area contributed by atoms with Gasteiger partial charge in [-0.3, -0.25) is 0 Å². The number of benzene rings is 1. The molecule has 0 radical (unpaired) electrons. The van der Waals surface area contributed by atoms with E-state index in [9.17, 15) is 12.8 Å². The highest BCUT2D eigenvalue weighted by Crippen LogP contribution is 2.29. The lowest BCUT2D eigenvalue weighted by Crippen LogP contribution is -2.38. The van der Waals surface area contributed by atoms with Crippen molar-refractivity contribution in [2.75, 3.05) is 26.2 Å². The van der Waals surface area contributed by atoms with Gasteiger partial charge in [0.1, 0.15) is 5.82 Å². The standard InChI is InChI=1S/C19H28ClFN2O2S/c20-18-14-17(4-5-19(18)21)26(24,25)23-12-8-16(9-13-23)3-1-2-15-6-10-22-11-7-15/h4-5,14-16,22H,1-3,6-13H2. The Bertz CT molecular complexity index is 699. The van der Waals surface area contributed by atoms with Gasteiger partial charge in [-0.15, -0.1) is 0 Å². The lowest BCUT2D eigenvalue weighted by molar-refractivity contribution is 0.250. The molecule has 1 aromatic carbocycles. The molecule has 0 bridgehead atoms. The summed E-state index contributed by atoms with van der Waals surface area (Å²) >= 11 is 5.74. The first kappa shape index (κ1) is 20.1. The summed E-state index contributed by atoms with van der Waals surface area (Å²) in [7, 11) is -3.59. The molecule has 0 saturated carbocycles. The topological polar surface area (TPSA) is 49.4 Å². The number of piperidine rings is 2. The molecule has 2 heterocycles. The molecule has 26 heavy (non-hydrogen) atoms.